The largest absolute Gasteiger partial charge is 0.352 e. The molecule has 0 fully saturated rings. The number of amides is 2. The molecule has 0 aliphatic rings. The predicted octanol–water partition coefficient (Wildman–Crippen LogP) is 4.17. The van der Waals surface area contributed by atoms with Crippen molar-refractivity contribution in [3.63, 3.8) is 0 Å². The van der Waals surface area contributed by atoms with Gasteiger partial charge >= 0.3 is 0 Å². The van der Waals surface area contributed by atoms with Crippen LogP contribution in [0.4, 0.5) is 5.69 Å². The molecule has 2 N–H and O–H groups in total. The quantitative estimate of drug-likeness (QED) is 0.701. The zero-order valence-electron chi connectivity index (χ0n) is 13.6. The van der Waals surface area contributed by atoms with E-state index in [1.54, 1.807) is 23.5 Å². The van der Waals surface area contributed by atoms with E-state index in [-0.39, 0.29) is 18.2 Å². The van der Waals surface area contributed by atoms with Crippen molar-refractivity contribution in [2.45, 2.75) is 6.42 Å². The van der Waals surface area contributed by atoms with Crippen molar-refractivity contribution in [1.82, 2.24) is 5.32 Å². The Morgan fingerprint density at radius 1 is 0.880 bits per heavy atom. The van der Waals surface area contributed by atoms with Gasteiger partial charge in [0.25, 0.3) is 5.91 Å². The summed E-state index contributed by atoms with van der Waals surface area (Å²) in [5, 5.41) is 7.70. The maximum absolute atomic E-state index is 12.2. The minimum atomic E-state index is -0.174. The van der Waals surface area contributed by atoms with Crippen LogP contribution >= 0.6 is 11.3 Å². The predicted molar refractivity (Wildman–Crippen MR) is 102 cm³/mol. The third kappa shape index (κ3) is 4.55. The SMILES string of the molecule is O=C(CCNC(=O)c1ccccc1)Nc1ccccc1-c1cccs1. The molecule has 0 aliphatic heterocycles. The number of rotatable bonds is 6. The normalized spacial score (nSPS) is 10.2. The van der Waals surface area contributed by atoms with Gasteiger partial charge in [-0.05, 0) is 29.6 Å². The zero-order chi connectivity index (χ0) is 17.5. The van der Waals surface area contributed by atoms with Crippen LogP contribution in [0.25, 0.3) is 10.4 Å². The van der Waals surface area contributed by atoms with E-state index in [0.29, 0.717) is 12.1 Å². The Balaban J connectivity index is 1.54. The Bertz CT molecular complexity index is 845. The number of anilines is 1. The van der Waals surface area contributed by atoms with E-state index in [2.05, 4.69) is 10.6 Å². The number of hydrogen-bond donors (Lipinski definition) is 2. The summed E-state index contributed by atoms with van der Waals surface area (Å²) < 4.78 is 0. The smallest absolute Gasteiger partial charge is 0.251 e. The van der Waals surface area contributed by atoms with Crippen LogP contribution in [0.3, 0.4) is 0 Å². The Hall–Kier alpha value is -2.92. The van der Waals surface area contributed by atoms with Gasteiger partial charge in [0.1, 0.15) is 0 Å². The first kappa shape index (κ1) is 16.9. The molecule has 0 atom stereocenters. The Morgan fingerprint density at radius 3 is 2.40 bits per heavy atom. The molecule has 0 spiro atoms. The Morgan fingerprint density at radius 2 is 1.64 bits per heavy atom. The monoisotopic (exact) mass is 350 g/mol. The zero-order valence-corrected chi connectivity index (χ0v) is 14.4. The van der Waals surface area contributed by atoms with Gasteiger partial charge in [-0.2, -0.15) is 0 Å². The topological polar surface area (TPSA) is 58.2 Å². The van der Waals surface area contributed by atoms with Crippen LogP contribution < -0.4 is 10.6 Å². The lowest BCUT2D eigenvalue weighted by molar-refractivity contribution is -0.116. The van der Waals surface area contributed by atoms with E-state index in [1.807, 2.05) is 60.0 Å². The molecule has 126 valence electrons. The molecule has 1 aromatic heterocycles. The highest BCUT2D eigenvalue weighted by molar-refractivity contribution is 7.13. The van der Waals surface area contributed by atoms with Crippen molar-refractivity contribution < 1.29 is 9.59 Å². The Labute approximate surface area is 150 Å². The van der Waals surface area contributed by atoms with Gasteiger partial charge in [-0.25, -0.2) is 0 Å². The van der Waals surface area contributed by atoms with Gasteiger partial charge in [0.15, 0.2) is 0 Å². The fraction of sp³-hybridized carbons (Fsp3) is 0.100. The molecule has 0 saturated carbocycles. The number of benzene rings is 2. The maximum Gasteiger partial charge on any atom is 0.251 e. The van der Waals surface area contributed by atoms with E-state index in [9.17, 15) is 9.59 Å². The van der Waals surface area contributed by atoms with Gasteiger partial charge < -0.3 is 10.6 Å². The molecule has 3 aromatic rings. The van der Waals surface area contributed by atoms with E-state index >= 15 is 0 Å². The molecule has 0 aliphatic carbocycles. The highest BCUT2D eigenvalue weighted by Crippen LogP contribution is 2.31. The minimum absolute atomic E-state index is 0.127. The van der Waals surface area contributed by atoms with E-state index in [1.165, 1.54) is 0 Å². The lowest BCUT2D eigenvalue weighted by Gasteiger charge is -2.10. The van der Waals surface area contributed by atoms with Crippen LogP contribution in [0.2, 0.25) is 0 Å². The first-order chi connectivity index (χ1) is 12.2. The van der Waals surface area contributed by atoms with Crippen molar-refractivity contribution in [3.05, 3.63) is 77.7 Å². The summed E-state index contributed by atoms with van der Waals surface area (Å²) in [6.07, 6.45) is 0.220. The number of thiophene rings is 1. The fourth-order valence-corrected chi connectivity index (χ4v) is 3.20. The number of carbonyl (C=O) groups is 2. The van der Waals surface area contributed by atoms with Crippen LogP contribution in [0.15, 0.2) is 72.1 Å². The molecular formula is C20H18N2O2S. The third-order valence-corrected chi connectivity index (χ3v) is 4.56. The maximum atomic E-state index is 12.2. The molecule has 1 heterocycles. The van der Waals surface area contributed by atoms with E-state index < -0.39 is 0 Å². The van der Waals surface area contributed by atoms with Crippen molar-refractivity contribution in [1.29, 1.82) is 0 Å². The first-order valence-corrected chi connectivity index (χ1v) is 8.88. The first-order valence-electron chi connectivity index (χ1n) is 8.00. The summed E-state index contributed by atoms with van der Waals surface area (Å²) in [6.45, 7) is 0.292. The van der Waals surface area contributed by atoms with Crippen molar-refractivity contribution in [2.75, 3.05) is 11.9 Å². The van der Waals surface area contributed by atoms with E-state index in [4.69, 9.17) is 0 Å². The summed E-state index contributed by atoms with van der Waals surface area (Å²) >= 11 is 1.63. The van der Waals surface area contributed by atoms with E-state index in [0.717, 1.165) is 16.1 Å². The fourth-order valence-electron chi connectivity index (χ4n) is 2.43. The van der Waals surface area contributed by atoms with Crippen molar-refractivity contribution >= 4 is 28.8 Å². The molecule has 4 nitrogen and oxygen atoms in total. The number of carbonyl (C=O) groups excluding carboxylic acids is 2. The van der Waals surface area contributed by atoms with Gasteiger partial charge in [0.2, 0.25) is 5.91 Å². The second-order valence-electron chi connectivity index (χ2n) is 5.44. The van der Waals surface area contributed by atoms with Crippen LogP contribution in [0.5, 0.6) is 0 Å². The average molecular weight is 350 g/mol. The van der Waals surface area contributed by atoms with Gasteiger partial charge in [0.05, 0.1) is 0 Å². The number of para-hydroxylation sites is 1. The summed E-state index contributed by atoms with van der Waals surface area (Å²) in [7, 11) is 0. The van der Waals surface area contributed by atoms with Gasteiger partial charge in [-0.3, -0.25) is 9.59 Å². The highest BCUT2D eigenvalue weighted by Gasteiger charge is 2.10. The molecule has 0 bridgehead atoms. The molecule has 0 unspecified atom stereocenters. The molecular weight excluding hydrogens is 332 g/mol. The summed E-state index contributed by atoms with van der Waals surface area (Å²) in [4.78, 5) is 25.3. The van der Waals surface area contributed by atoms with Crippen molar-refractivity contribution in [3.8, 4) is 10.4 Å². The third-order valence-electron chi connectivity index (χ3n) is 3.66. The van der Waals surface area contributed by atoms with Crippen LogP contribution in [-0.2, 0) is 4.79 Å². The van der Waals surface area contributed by atoms with Crippen molar-refractivity contribution in [2.24, 2.45) is 0 Å². The standard InChI is InChI=1S/C20H18N2O2S/c23-19(12-13-21-20(24)15-7-2-1-3-8-15)22-17-10-5-4-9-16(17)18-11-6-14-25-18/h1-11,14H,12-13H2,(H,21,24)(H,22,23). The molecule has 5 heteroatoms. The van der Waals surface area contributed by atoms with Gasteiger partial charge in [0, 0.05) is 34.7 Å². The molecule has 25 heavy (non-hydrogen) atoms. The highest BCUT2D eigenvalue weighted by atomic mass is 32.1. The molecule has 2 aromatic carbocycles. The van der Waals surface area contributed by atoms with Crippen LogP contribution in [0.1, 0.15) is 16.8 Å². The summed E-state index contributed by atoms with van der Waals surface area (Å²) in [5.41, 5.74) is 2.37. The summed E-state index contributed by atoms with van der Waals surface area (Å²) in [6, 6.07) is 20.7. The second kappa shape index (κ2) is 8.26. The average Bonchev–Trinajstić information content (AvgIpc) is 3.17. The number of hydrogen-bond acceptors (Lipinski definition) is 3. The molecule has 0 saturated heterocycles. The second-order valence-corrected chi connectivity index (χ2v) is 6.39. The van der Waals surface area contributed by atoms with Crippen LogP contribution in [-0.4, -0.2) is 18.4 Å². The van der Waals surface area contributed by atoms with Crippen LogP contribution in [0, 0.1) is 0 Å². The van der Waals surface area contributed by atoms with Gasteiger partial charge in [-0.15, -0.1) is 11.3 Å². The summed E-state index contributed by atoms with van der Waals surface area (Å²) in [5.74, 6) is -0.301. The molecule has 3 rings (SSSR count). The molecule has 2 amide bonds. The van der Waals surface area contributed by atoms with Gasteiger partial charge in [-0.1, -0.05) is 42.5 Å². The minimum Gasteiger partial charge on any atom is -0.352 e. The number of nitrogens with one attached hydrogen (secondary N) is 2. The Kier molecular flexibility index (Phi) is 5.59. The lowest BCUT2D eigenvalue weighted by atomic mass is 10.1. The lowest BCUT2D eigenvalue weighted by Crippen LogP contribution is -2.27. The molecule has 0 radical (unpaired) electrons.